The molecule has 118 valence electrons. The fourth-order valence-electron chi connectivity index (χ4n) is 5.17. The highest BCUT2D eigenvalue weighted by Gasteiger charge is 2.48. The molecule has 3 nitrogen and oxygen atoms in total. The van der Waals surface area contributed by atoms with E-state index < -0.39 is 0 Å². The lowest BCUT2D eigenvalue weighted by molar-refractivity contribution is -0.127. The van der Waals surface area contributed by atoms with E-state index in [-0.39, 0.29) is 12.5 Å². The Morgan fingerprint density at radius 3 is 2.23 bits per heavy atom. The SMILES string of the molecule is Cc1ccc(OCC(=O)NC2C3CC4CC(C3)CC2C4)cc1. The fourth-order valence-corrected chi connectivity index (χ4v) is 5.17. The zero-order valence-corrected chi connectivity index (χ0v) is 13.3. The van der Waals surface area contributed by atoms with Gasteiger partial charge in [-0.25, -0.2) is 0 Å². The van der Waals surface area contributed by atoms with Gasteiger partial charge in [0.15, 0.2) is 6.61 Å². The predicted molar refractivity (Wildman–Crippen MR) is 85.6 cm³/mol. The van der Waals surface area contributed by atoms with E-state index in [9.17, 15) is 4.79 Å². The van der Waals surface area contributed by atoms with Crippen LogP contribution >= 0.6 is 0 Å². The molecule has 1 amide bonds. The average Bonchev–Trinajstić information content (AvgIpc) is 2.50. The second-order valence-corrected chi connectivity index (χ2v) is 7.63. The number of hydrogen-bond acceptors (Lipinski definition) is 2. The molecule has 0 radical (unpaired) electrons. The highest BCUT2D eigenvalue weighted by molar-refractivity contribution is 5.78. The van der Waals surface area contributed by atoms with Gasteiger partial charge in [-0.05, 0) is 74.8 Å². The summed E-state index contributed by atoms with van der Waals surface area (Å²) in [5.41, 5.74) is 1.20. The van der Waals surface area contributed by atoms with Gasteiger partial charge in [-0.15, -0.1) is 0 Å². The molecule has 1 aromatic carbocycles. The van der Waals surface area contributed by atoms with E-state index in [1.807, 2.05) is 31.2 Å². The van der Waals surface area contributed by atoms with Crippen LogP contribution in [0.1, 0.15) is 37.7 Å². The van der Waals surface area contributed by atoms with Crippen LogP contribution in [0.15, 0.2) is 24.3 Å². The Bertz CT molecular complexity index is 523. The third-order valence-corrected chi connectivity index (χ3v) is 5.95. The zero-order chi connectivity index (χ0) is 15.1. The molecule has 1 N–H and O–H groups in total. The van der Waals surface area contributed by atoms with Crippen molar-refractivity contribution in [3.8, 4) is 5.75 Å². The van der Waals surface area contributed by atoms with Crippen molar-refractivity contribution in [2.24, 2.45) is 23.7 Å². The molecule has 0 unspecified atom stereocenters. The number of ether oxygens (including phenoxy) is 1. The lowest BCUT2D eigenvalue weighted by Gasteiger charge is -2.54. The van der Waals surface area contributed by atoms with Crippen molar-refractivity contribution >= 4 is 5.91 Å². The van der Waals surface area contributed by atoms with E-state index in [0.29, 0.717) is 6.04 Å². The first-order valence-electron chi connectivity index (χ1n) is 8.66. The minimum atomic E-state index is 0.0399. The van der Waals surface area contributed by atoms with Crippen molar-refractivity contribution < 1.29 is 9.53 Å². The van der Waals surface area contributed by atoms with Crippen molar-refractivity contribution in [3.63, 3.8) is 0 Å². The molecule has 4 bridgehead atoms. The number of carbonyl (C=O) groups excluding carboxylic acids is 1. The maximum atomic E-state index is 12.2. The topological polar surface area (TPSA) is 38.3 Å². The monoisotopic (exact) mass is 299 g/mol. The van der Waals surface area contributed by atoms with E-state index in [1.54, 1.807) is 0 Å². The third-order valence-electron chi connectivity index (χ3n) is 5.95. The van der Waals surface area contributed by atoms with Crippen LogP contribution in [0.25, 0.3) is 0 Å². The molecule has 22 heavy (non-hydrogen) atoms. The summed E-state index contributed by atoms with van der Waals surface area (Å²) in [6, 6.07) is 8.26. The molecule has 0 spiro atoms. The van der Waals surface area contributed by atoms with Crippen molar-refractivity contribution in [1.82, 2.24) is 5.32 Å². The van der Waals surface area contributed by atoms with Gasteiger partial charge in [0.25, 0.3) is 5.91 Å². The molecule has 4 aliphatic rings. The molecular formula is C19H25NO2. The highest BCUT2D eigenvalue weighted by Crippen LogP contribution is 2.53. The first-order valence-corrected chi connectivity index (χ1v) is 8.66. The molecule has 4 saturated carbocycles. The minimum absolute atomic E-state index is 0.0399. The number of nitrogens with one attached hydrogen (secondary N) is 1. The second-order valence-electron chi connectivity index (χ2n) is 7.63. The Hall–Kier alpha value is -1.51. The molecule has 4 aliphatic carbocycles. The Labute approximate surface area is 132 Å². The molecule has 0 aliphatic heterocycles. The van der Waals surface area contributed by atoms with Gasteiger partial charge >= 0.3 is 0 Å². The van der Waals surface area contributed by atoms with Crippen LogP contribution in [0.5, 0.6) is 5.75 Å². The summed E-state index contributed by atoms with van der Waals surface area (Å²) in [6.07, 6.45) is 6.77. The van der Waals surface area contributed by atoms with E-state index >= 15 is 0 Å². The molecule has 1 aromatic rings. The first kappa shape index (κ1) is 14.1. The molecule has 0 saturated heterocycles. The van der Waals surface area contributed by atoms with Crippen LogP contribution in [-0.4, -0.2) is 18.6 Å². The van der Waals surface area contributed by atoms with Crippen molar-refractivity contribution in [2.75, 3.05) is 6.61 Å². The maximum Gasteiger partial charge on any atom is 0.258 e. The Morgan fingerprint density at radius 2 is 1.64 bits per heavy atom. The summed E-state index contributed by atoms with van der Waals surface area (Å²) in [7, 11) is 0. The number of rotatable bonds is 4. The van der Waals surface area contributed by atoms with Gasteiger partial charge in [0.1, 0.15) is 5.75 Å². The predicted octanol–water partition coefficient (Wildman–Crippen LogP) is 3.31. The highest BCUT2D eigenvalue weighted by atomic mass is 16.5. The van der Waals surface area contributed by atoms with Gasteiger partial charge in [-0.2, -0.15) is 0 Å². The summed E-state index contributed by atoms with van der Waals surface area (Å²) in [4.78, 5) is 12.2. The van der Waals surface area contributed by atoms with Gasteiger partial charge in [-0.3, -0.25) is 4.79 Å². The summed E-state index contributed by atoms with van der Waals surface area (Å²) in [6.45, 7) is 2.18. The van der Waals surface area contributed by atoms with Crippen LogP contribution in [0, 0.1) is 30.6 Å². The Kier molecular flexibility index (Phi) is 3.59. The van der Waals surface area contributed by atoms with Crippen LogP contribution in [0.2, 0.25) is 0 Å². The third kappa shape index (κ3) is 2.73. The quantitative estimate of drug-likeness (QED) is 0.926. The van der Waals surface area contributed by atoms with Crippen LogP contribution in [-0.2, 0) is 4.79 Å². The van der Waals surface area contributed by atoms with Crippen molar-refractivity contribution in [1.29, 1.82) is 0 Å². The van der Waals surface area contributed by atoms with E-state index in [0.717, 1.165) is 29.4 Å². The summed E-state index contributed by atoms with van der Waals surface area (Å²) >= 11 is 0. The molecule has 0 aromatic heterocycles. The maximum absolute atomic E-state index is 12.2. The summed E-state index contributed by atoms with van der Waals surface area (Å²) in [5, 5.41) is 3.28. The van der Waals surface area contributed by atoms with Crippen LogP contribution < -0.4 is 10.1 Å². The number of benzene rings is 1. The standard InChI is InChI=1S/C19H25NO2/c1-12-2-4-17(5-3-12)22-11-18(21)20-19-15-7-13-6-14(9-15)10-16(19)8-13/h2-5,13-16,19H,6-11H2,1H3,(H,20,21). The van der Waals surface area contributed by atoms with Gasteiger partial charge in [0, 0.05) is 6.04 Å². The normalized spacial score (nSPS) is 35.4. The Balaban J connectivity index is 1.31. The summed E-state index contributed by atoms with van der Waals surface area (Å²) in [5.74, 6) is 4.14. The second kappa shape index (κ2) is 5.60. The van der Waals surface area contributed by atoms with Crippen molar-refractivity contribution in [3.05, 3.63) is 29.8 Å². The molecule has 5 rings (SSSR count). The van der Waals surface area contributed by atoms with E-state index in [2.05, 4.69) is 5.32 Å². The molecule has 0 heterocycles. The van der Waals surface area contributed by atoms with Gasteiger partial charge in [-0.1, -0.05) is 17.7 Å². The lowest BCUT2D eigenvalue weighted by atomic mass is 9.54. The fraction of sp³-hybridized carbons (Fsp3) is 0.632. The molecule has 0 atom stereocenters. The molecular weight excluding hydrogens is 274 g/mol. The minimum Gasteiger partial charge on any atom is -0.484 e. The number of amides is 1. The first-order chi connectivity index (χ1) is 10.7. The van der Waals surface area contributed by atoms with Crippen LogP contribution in [0.4, 0.5) is 0 Å². The molecule has 3 heteroatoms. The number of aryl methyl sites for hydroxylation is 1. The Morgan fingerprint density at radius 1 is 1.05 bits per heavy atom. The number of carbonyl (C=O) groups is 1. The zero-order valence-electron chi connectivity index (χ0n) is 13.3. The van der Waals surface area contributed by atoms with E-state index in [1.165, 1.54) is 37.7 Å². The number of hydrogen-bond donors (Lipinski definition) is 1. The van der Waals surface area contributed by atoms with Gasteiger partial charge < -0.3 is 10.1 Å². The van der Waals surface area contributed by atoms with Crippen molar-refractivity contribution in [2.45, 2.75) is 45.1 Å². The van der Waals surface area contributed by atoms with Crippen LogP contribution in [0.3, 0.4) is 0 Å². The molecule has 4 fully saturated rings. The average molecular weight is 299 g/mol. The van der Waals surface area contributed by atoms with Gasteiger partial charge in [0.2, 0.25) is 0 Å². The lowest BCUT2D eigenvalue weighted by Crippen LogP contribution is -2.56. The van der Waals surface area contributed by atoms with Gasteiger partial charge in [0.05, 0.1) is 0 Å². The van der Waals surface area contributed by atoms with E-state index in [4.69, 9.17) is 4.74 Å². The summed E-state index contributed by atoms with van der Waals surface area (Å²) < 4.78 is 5.60. The smallest absolute Gasteiger partial charge is 0.258 e. The largest absolute Gasteiger partial charge is 0.484 e.